The van der Waals surface area contributed by atoms with Crippen molar-refractivity contribution in [1.29, 1.82) is 0 Å². The Morgan fingerprint density at radius 1 is 1.14 bits per heavy atom. The molecule has 0 aliphatic carbocycles. The first-order valence-electron chi connectivity index (χ1n) is 7.92. The SMILES string of the molecule is O=C(Nc1n[nH]c(C(F)(F)F)n1)c1cc(-c2ccco2)nn1-c1ccccc1. The second-order valence-electron chi connectivity index (χ2n) is 5.60. The van der Waals surface area contributed by atoms with Gasteiger partial charge in [-0.1, -0.05) is 18.2 Å². The number of aromatic amines is 1. The van der Waals surface area contributed by atoms with Crippen molar-refractivity contribution in [3.8, 4) is 17.1 Å². The highest BCUT2D eigenvalue weighted by molar-refractivity contribution is 6.03. The number of rotatable bonds is 4. The van der Waals surface area contributed by atoms with Gasteiger partial charge in [-0.3, -0.25) is 15.2 Å². The van der Waals surface area contributed by atoms with Gasteiger partial charge >= 0.3 is 6.18 Å². The van der Waals surface area contributed by atoms with Crippen LogP contribution < -0.4 is 5.32 Å². The fourth-order valence-electron chi connectivity index (χ4n) is 2.46. The van der Waals surface area contributed by atoms with Crippen molar-refractivity contribution >= 4 is 11.9 Å². The largest absolute Gasteiger partial charge is 0.463 e. The molecule has 0 atom stereocenters. The number of para-hydroxylation sites is 1. The lowest BCUT2D eigenvalue weighted by atomic mass is 10.2. The monoisotopic (exact) mass is 388 g/mol. The van der Waals surface area contributed by atoms with Gasteiger partial charge in [0.2, 0.25) is 11.8 Å². The molecular weight excluding hydrogens is 377 g/mol. The molecule has 0 fully saturated rings. The number of anilines is 1. The summed E-state index contributed by atoms with van der Waals surface area (Å²) in [5.41, 5.74) is 1.03. The van der Waals surface area contributed by atoms with Crippen LogP contribution in [0.15, 0.2) is 59.2 Å². The molecule has 0 aliphatic rings. The van der Waals surface area contributed by atoms with Crippen molar-refractivity contribution in [2.24, 2.45) is 0 Å². The van der Waals surface area contributed by atoms with E-state index in [0.717, 1.165) is 0 Å². The van der Waals surface area contributed by atoms with Crippen LogP contribution in [-0.4, -0.2) is 30.9 Å². The van der Waals surface area contributed by atoms with Gasteiger partial charge in [0.1, 0.15) is 11.4 Å². The van der Waals surface area contributed by atoms with Crippen LogP contribution in [0.3, 0.4) is 0 Å². The predicted molar refractivity (Wildman–Crippen MR) is 90.6 cm³/mol. The number of H-pyrrole nitrogens is 1. The van der Waals surface area contributed by atoms with Crippen molar-refractivity contribution in [1.82, 2.24) is 25.0 Å². The molecule has 1 aromatic carbocycles. The van der Waals surface area contributed by atoms with Crippen LogP contribution in [0.4, 0.5) is 19.1 Å². The summed E-state index contributed by atoms with van der Waals surface area (Å²) < 4.78 is 44.6. The van der Waals surface area contributed by atoms with Crippen LogP contribution in [0.2, 0.25) is 0 Å². The zero-order valence-electron chi connectivity index (χ0n) is 13.9. The lowest BCUT2D eigenvalue weighted by Crippen LogP contribution is -2.18. The minimum atomic E-state index is -4.70. The van der Waals surface area contributed by atoms with Crippen LogP contribution in [0.1, 0.15) is 16.3 Å². The number of furan rings is 1. The first-order valence-corrected chi connectivity index (χ1v) is 7.92. The summed E-state index contributed by atoms with van der Waals surface area (Å²) in [6, 6.07) is 13.6. The first-order chi connectivity index (χ1) is 13.4. The summed E-state index contributed by atoms with van der Waals surface area (Å²) in [7, 11) is 0. The first kappa shape index (κ1) is 17.5. The topological polar surface area (TPSA) is 102 Å². The molecule has 4 rings (SSSR count). The molecule has 0 saturated carbocycles. The van der Waals surface area contributed by atoms with Crippen molar-refractivity contribution < 1.29 is 22.4 Å². The number of alkyl halides is 3. The Morgan fingerprint density at radius 3 is 2.57 bits per heavy atom. The Balaban J connectivity index is 1.69. The summed E-state index contributed by atoms with van der Waals surface area (Å²) in [5, 5.41) is 11.7. The lowest BCUT2D eigenvalue weighted by molar-refractivity contribution is -0.144. The van der Waals surface area contributed by atoms with Crippen molar-refractivity contribution in [3.63, 3.8) is 0 Å². The number of aromatic nitrogens is 5. The summed E-state index contributed by atoms with van der Waals surface area (Å²) >= 11 is 0. The maximum absolute atomic E-state index is 12.7. The predicted octanol–water partition coefficient (Wildman–Crippen LogP) is 3.52. The van der Waals surface area contributed by atoms with E-state index in [-0.39, 0.29) is 5.69 Å². The average molecular weight is 388 g/mol. The third kappa shape index (κ3) is 3.37. The van der Waals surface area contributed by atoms with Gasteiger partial charge in [0.25, 0.3) is 5.91 Å². The number of carbonyl (C=O) groups is 1. The zero-order chi connectivity index (χ0) is 19.7. The number of nitrogens with zero attached hydrogens (tertiary/aromatic N) is 4. The van der Waals surface area contributed by atoms with E-state index < -0.39 is 23.9 Å². The van der Waals surface area contributed by atoms with Gasteiger partial charge in [-0.2, -0.15) is 23.3 Å². The number of benzene rings is 1. The lowest BCUT2D eigenvalue weighted by Gasteiger charge is -2.06. The third-order valence-electron chi connectivity index (χ3n) is 3.70. The van der Waals surface area contributed by atoms with Gasteiger partial charge in [-0.05, 0) is 24.3 Å². The van der Waals surface area contributed by atoms with E-state index in [1.165, 1.54) is 17.0 Å². The van der Waals surface area contributed by atoms with Crippen LogP contribution in [0.25, 0.3) is 17.1 Å². The quantitative estimate of drug-likeness (QED) is 0.557. The van der Waals surface area contributed by atoms with Crippen molar-refractivity contribution in [3.05, 3.63) is 66.3 Å². The third-order valence-corrected chi connectivity index (χ3v) is 3.70. The minimum absolute atomic E-state index is 0.0657. The molecule has 142 valence electrons. The van der Waals surface area contributed by atoms with E-state index in [1.807, 2.05) is 0 Å². The molecule has 0 spiro atoms. The molecule has 0 aliphatic heterocycles. The Kier molecular flexibility index (Phi) is 4.18. The second kappa shape index (κ2) is 6.68. The van der Waals surface area contributed by atoms with Crippen molar-refractivity contribution in [2.75, 3.05) is 5.32 Å². The number of amides is 1. The molecule has 0 saturated heterocycles. The van der Waals surface area contributed by atoms with Gasteiger partial charge in [0.15, 0.2) is 5.76 Å². The molecule has 1 amide bonds. The number of hydrogen-bond acceptors (Lipinski definition) is 5. The smallest absolute Gasteiger partial charge is 0.451 e. The zero-order valence-corrected chi connectivity index (χ0v) is 13.9. The Bertz CT molecular complexity index is 1100. The molecule has 8 nitrogen and oxygen atoms in total. The molecule has 28 heavy (non-hydrogen) atoms. The molecule has 0 bridgehead atoms. The van der Waals surface area contributed by atoms with Crippen LogP contribution in [0, 0.1) is 0 Å². The Hall–Kier alpha value is -3.89. The van der Waals surface area contributed by atoms with E-state index in [4.69, 9.17) is 4.42 Å². The molecular formula is C17H11F3N6O2. The molecule has 4 aromatic rings. The van der Waals surface area contributed by atoms with E-state index in [1.54, 1.807) is 47.6 Å². The normalized spacial score (nSPS) is 11.5. The van der Waals surface area contributed by atoms with Crippen LogP contribution in [0.5, 0.6) is 0 Å². The fourth-order valence-corrected chi connectivity index (χ4v) is 2.46. The molecule has 3 heterocycles. The highest BCUT2D eigenvalue weighted by atomic mass is 19.4. The number of carbonyl (C=O) groups excluding carboxylic acids is 1. The molecule has 3 aromatic heterocycles. The number of hydrogen-bond donors (Lipinski definition) is 2. The van der Waals surface area contributed by atoms with Crippen LogP contribution >= 0.6 is 0 Å². The fraction of sp³-hybridized carbons (Fsp3) is 0.0588. The summed E-state index contributed by atoms with van der Waals surface area (Å²) in [4.78, 5) is 15.9. The highest BCUT2D eigenvalue weighted by Crippen LogP contribution is 2.27. The molecule has 0 radical (unpaired) electrons. The van der Waals surface area contributed by atoms with E-state index in [0.29, 0.717) is 17.1 Å². The van der Waals surface area contributed by atoms with Gasteiger partial charge in [0.05, 0.1) is 12.0 Å². The van der Waals surface area contributed by atoms with E-state index >= 15 is 0 Å². The second-order valence-corrected chi connectivity index (χ2v) is 5.60. The van der Waals surface area contributed by atoms with Gasteiger partial charge < -0.3 is 4.42 Å². The summed E-state index contributed by atoms with van der Waals surface area (Å²) in [6.07, 6.45) is -3.24. The molecule has 2 N–H and O–H groups in total. The summed E-state index contributed by atoms with van der Waals surface area (Å²) in [6.45, 7) is 0. The van der Waals surface area contributed by atoms with E-state index in [9.17, 15) is 18.0 Å². The van der Waals surface area contributed by atoms with Gasteiger partial charge in [-0.25, -0.2) is 4.68 Å². The number of nitrogens with one attached hydrogen (secondary N) is 2. The molecule has 11 heteroatoms. The Morgan fingerprint density at radius 2 is 1.93 bits per heavy atom. The van der Waals surface area contributed by atoms with Crippen LogP contribution in [-0.2, 0) is 6.18 Å². The standard InChI is InChI=1S/C17H11F3N6O2/c18-17(19,20)15-22-16(24-23-15)21-14(27)12-9-11(13-7-4-8-28-13)25-26(12)10-5-2-1-3-6-10/h1-9H,(H2,21,22,23,24,27). The maximum atomic E-state index is 12.7. The highest BCUT2D eigenvalue weighted by Gasteiger charge is 2.35. The van der Waals surface area contributed by atoms with E-state index in [2.05, 4.69) is 20.5 Å². The maximum Gasteiger partial charge on any atom is 0.451 e. The van der Waals surface area contributed by atoms with Gasteiger partial charge in [-0.15, -0.1) is 5.10 Å². The van der Waals surface area contributed by atoms with Crippen molar-refractivity contribution in [2.45, 2.75) is 6.18 Å². The number of halogens is 3. The van der Waals surface area contributed by atoms with Gasteiger partial charge in [0, 0.05) is 6.07 Å². The molecule has 0 unspecified atom stereocenters. The summed E-state index contributed by atoms with van der Waals surface area (Å²) in [5.74, 6) is -2.11. The Labute approximate surface area is 155 Å². The minimum Gasteiger partial charge on any atom is -0.463 e. The average Bonchev–Trinajstić information content (AvgIpc) is 3.41.